The number of likely N-dealkylation sites (tertiary alicyclic amines) is 1. The molecule has 1 aliphatic heterocycles. The fourth-order valence-electron chi connectivity index (χ4n) is 1.98. The largest absolute Gasteiger partial charge is 0.383 e. The molecule has 0 aliphatic carbocycles. The third-order valence-corrected chi connectivity index (χ3v) is 3.13. The van der Waals surface area contributed by atoms with E-state index >= 15 is 0 Å². The Morgan fingerprint density at radius 2 is 2.06 bits per heavy atom. The quantitative estimate of drug-likeness (QED) is 0.609. The van der Waals surface area contributed by atoms with Crippen LogP contribution in [-0.2, 0) is 9.53 Å². The molecule has 5 nitrogen and oxygen atoms in total. The molecule has 0 aromatic carbocycles. The van der Waals surface area contributed by atoms with E-state index in [2.05, 4.69) is 22.6 Å². The molecule has 5 heteroatoms. The Morgan fingerprint density at radius 3 is 2.71 bits per heavy atom. The Hall–Kier alpha value is -0.650. The van der Waals surface area contributed by atoms with Gasteiger partial charge in [0.15, 0.2) is 0 Å². The van der Waals surface area contributed by atoms with Gasteiger partial charge in [0.05, 0.1) is 6.61 Å². The fraction of sp³-hybridized carbons (Fsp3) is 0.917. The maximum atomic E-state index is 11.4. The zero-order valence-electron chi connectivity index (χ0n) is 11.0. The van der Waals surface area contributed by atoms with Crippen LogP contribution in [0.25, 0.3) is 0 Å². The lowest BCUT2D eigenvalue weighted by Crippen LogP contribution is -2.42. The number of nitrogens with one attached hydrogen (secondary N) is 2. The minimum Gasteiger partial charge on any atom is -0.383 e. The first-order valence-electron chi connectivity index (χ1n) is 6.40. The van der Waals surface area contributed by atoms with Crippen LogP contribution in [-0.4, -0.2) is 63.8 Å². The van der Waals surface area contributed by atoms with Gasteiger partial charge in [0.25, 0.3) is 0 Å². The molecule has 1 aliphatic rings. The highest BCUT2D eigenvalue weighted by Crippen LogP contribution is 2.07. The van der Waals surface area contributed by atoms with Crippen molar-refractivity contribution in [1.29, 1.82) is 0 Å². The van der Waals surface area contributed by atoms with Gasteiger partial charge >= 0.3 is 0 Å². The molecule has 1 rings (SSSR count). The first-order chi connectivity index (χ1) is 8.22. The number of carbonyl (C=O) groups is 1. The van der Waals surface area contributed by atoms with Crippen molar-refractivity contribution in [2.75, 3.05) is 46.9 Å². The zero-order chi connectivity index (χ0) is 12.5. The summed E-state index contributed by atoms with van der Waals surface area (Å²) in [4.78, 5) is 13.7. The second-order valence-electron chi connectivity index (χ2n) is 4.62. The Morgan fingerprint density at radius 1 is 1.35 bits per heavy atom. The molecule has 0 atom stereocenters. The Kier molecular flexibility index (Phi) is 7.16. The average molecular weight is 243 g/mol. The molecule has 0 saturated carbocycles. The highest BCUT2D eigenvalue weighted by Gasteiger charge is 2.15. The summed E-state index contributed by atoms with van der Waals surface area (Å²) in [6.45, 7) is 4.25. The molecule has 0 aromatic heterocycles. The van der Waals surface area contributed by atoms with E-state index in [9.17, 15) is 4.79 Å². The summed E-state index contributed by atoms with van der Waals surface area (Å²) in [5.74, 6) is 0.0995. The van der Waals surface area contributed by atoms with Gasteiger partial charge in [0.1, 0.15) is 0 Å². The van der Waals surface area contributed by atoms with Crippen LogP contribution in [0, 0.1) is 0 Å². The summed E-state index contributed by atoms with van der Waals surface area (Å²) in [7, 11) is 3.78. The molecule has 0 unspecified atom stereocenters. The molecule has 0 radical (unpaired) electrons. The average Bonchev–Trinajstić information content (AvgIpc) is 2.32. The molecular weight excluding hydrogens is 218 g/mol. The van der Waals surface area contributed by atoms with Crippen LogP contribution in [0.1, 0.15) is 19.3 Å². The van der Waals surface area contributed by atoms with Crippen molar-refractivity contribution in [2.24, 2.45) is 0 Å². The molecular formula is C12H25N3O2. The topological polar surface area (TPSA) is 53.6 Å². The minimum atomic E-state index is 0.0995. The number of methoxy groups -OCH3 is 1. The number of rotatable bonds is 7. The number of hydrogen-bond acceptors (Lipinski definition) is 4. The van der Waals surface area contributed by atoms with Crippen LogP contribution in [0.3, 0.4) is 0 Å². The zero-order valence-corrected chi connectivity index (χ0v) is 11.0. The van der Waals surface area contributed by atoms with E-state index in [4.69, 9.17) is 4.74 Å². The molecule has 1 saturated heterocycles. The number of ether oxygens (including phenoxy) is 1. The van der Waals surface area contributed by atoms with E-state index in [0.717, 1.165) is 19.6 Å². The van der Waals surface area contributed by atoms with E-state index in [1.807, 2.05) is 0 Å². The van der Waals surface area contributed by atoms with Gasteiger partial charge in [-0.1, -0.05) is 0 Å². The minimum absolute atomic E-state index is 0.0995. The van der Waals surface area contributed by atoms with E-state index in [-0.39, 0.29) is 5.91 Å². The van der Waals surface area contributed by atoms with Crippen molar-refractivity contribution in [1.82, 2.24) is 15.5 Å². The third-order valence-electron chi connectivity index (χ3n) is 3.13. The monoisotopic (exact) mass is 243 g/mol. The molecule has 17 heavy (non-hydrogen) atoms. The van der Waals surface area contributed by atoms with E-state index in [1.54, 1.807) is 7.11 Å². The van der Waals surface area contributed by atoms with Crippen LogP contribution < -0.4 is 10.6 Å². The molecule has 1 fully saturated rings. The number of nitrogens with zero attached hydrogens (tertiary/aromatic N) is 1. The molecule has 1 amide bonds. The van der Waals surface area contributed by atoms with E-state index in [1.165, 1.54) is 12.8 Å². The van der Waals surface area contributed by atoms with Gasteiger partial charge in [-0.3, -0.25) is 4.79 Å². The predicted octanol–water partition coefficient (Wildman–Crippen LogP) is -0.177. The van der Waals surface area contributed by atoms with Crippen molar-refractivity contribution in [3.05, 3.63) is 0 Å². The summed E-state index contributed by atoms with van der Waals surface area (Å²) in [6, 6.07) is 0.581. The lowest BCUT2D eigenvalue weighted by atomic mass is 10.1. The molecule has 100 valence electrons. The molecule has 0 bridgehead atoms. The highest BCUT2D eigenvalue weighted by atomic mass is 16.5. The van der Waals surface area contributed by atoms with Crippen LogP contribution in [0.4, 0.5) is 0 Å². The summed E-state index contributed by atoms with van der Waals surface area (Å²) in [6.07, 6.45) is 2.92. The molecule has 0 aromatic rings. The van der Waals surface area contributed by atoms with Crippen LogP contribution in [0.15, 0.2) is 0 Å². The van der Waals surface area contributed by atoms with Crippen molar-refractivity contribution < 1.29 is 9.53 Å². The van der Waals surface area contributed by atoms with Gasteiger partial charge in [0.2, 0.25) is 5.91 Å². The lowest BCUT2D eigenvalue weighted by Gasteiger charge is -2.29. The highest BCUT2D eigenvalue weighted by molar-refractivity contribution is 5.76. The SMILES string of the molecule is COCCNC(=O)CCNC1CCN(C)CC1. The Bertz CT molecular complexity index is 216. The second-order valence-corrected chi connectivity index (χ2v) is 4.62. The first-order valence-corrected chi connectivity index (χ1v) is 6.40. The first kappa shape index (κ1) is 14.4. The maximum Gasteiger partial charge on any atom is 0.221 e. The normalized spacial score (nSPS) is 18.2. The van der Waals surface area contributed by atoms with Gasteiger partial charge in [-0.2, -0.15) is 0 Å². The smallest absolute Gasteiger partial charge is 0.221 e. The van der Waals surface area contributed by atoms with Crippen molar-refractivity contribution in [3.8, 4) is 0 Å². The molecule has 1 heterocycles. The van der Waals surface area contributed by atoms with Crippen LogP contribution in [0.5, 0.6) is 0 Å². The number of piperidine rings is 1. The van der Waals surface area contributed by atoms with Gasteiger partial charge < -0.3 is 20.3 Å². The lowest BCUT2D eigenvalue weighted by molar-refractivity contribution is -0.121. The summed E-state index contributed by atoms with van der Waals surface area (Å²) < 4.78 is 4.87. The maximum absolute atomic E-state index is 11.4. The van der Waals surface area contributed by atoms with Gasteiger partial charge in [-0.05, 0) is 33.0 Å². The van der Waals surface area contributed by atoms with E-state index < -0.39 is 0 Å². The molecule has 0 spiro atoms. The van der Waals surface area contributed by atoms with Gasteiger partial charge in [-0.25, -0.2) is 0 Å². The van der Waals surface area contributed by atoms with Crippen molar-refractivity contribution in [3.63, 3.8) is 0 Å². The van der Waals surface area contributed by atoms with Crippen LogP contribution in [0.2, 0.25) is 0 Å². The second kappa shape index (κ2) is 8.44. The van der Waals surface area contributed by atoms with Gasteiger partial charge in [0, 0.05) is 32.7 Å². The summed E-state index contributed by atoms with van der Waals surface area (Å²) >= 11 is 0. The Labute approximate surface area is 104 Å². The van der Waals surface area contributed by atoms with Crippen molar-refractivity contribution >= 4 is 5.91 Å². The molecule has 2 N–H and O–H groups in total. The number of amides is 1. The fourth-order valence-corrected chi connectivity index (χ4v) is 1.98. The van der Waals surface area contributed by atoms with Gasteiger partial charge in [-0.15, -0.1) is 0 Å². The third kappa shape index (κ3) is 6.61. The standard InChI is InChI=1S/C12H25N3O2/c1-15-8-4-11(5-9-15)13-6-3-12(16)14-7-10-17-2/h11,13H,3-10H2,1-2H3,(H,14,16). The summed E-state index contributed by atoms with van der Waals surface area (Å²) in [5, 5.41) is 6.26. The summed E-state index contributed by atoms with van der Waals surface area (Å²) in [5.41, 5.74) is 0. The Balaban J connectivity index is 1.97. The van der Waals surface area contributed by atoms with Crippen LogP contribution >= 0.6 is 0 Å². The number of carbonyl (C=O) groups excluding carboxylic acids is 1. The predicted molar refractivity (Wildman–Crippen MR) is 68.0 cm³/mol. The van der Waals surface area contributed by atoms with E-state index in [0.29, 0.717) is 25.6 Å². The number of hydrogen-bond donors (Lipinski definition) is 2. The van der Waals surface area contributed by atoms with Crippen molar-refractivity contribution in [2.45, 2.75) is 25.3 Å².